The highest BCUT2D eigenvalue weighted by molar-refractivity contribution is 14.0. The zero-order valence-corrected chi connectivity index (χ0v) is 18.1. The summed E-state index contributed by atoms with van der Waals surface area (Å²) >= 11 is 0. The molecule has 1 aliphatic heterocycles. The standard InChI is InChI=1S/C16H26N4O3S.HI/c1-17-16(18-8-13-24(3,21)22)20-11-9-19(10-12-20)14-4-6-15(23-2)7-5-14;/h4-7H,8-13H2,1-3H3,(H,17,18);1H. The summed E-state index contributed by atoms with van der Waals surface area (Å²) in [5.41, 5.74) is 1.18. The van der Waals surface area contributed by atoms with Crippen LogP contribution < -0.4 is 15.0 Å². The van der Waals surface area contributed by atoms with Crippen molar-refractivity contribution in [3.63, 3.8) is 0 Å². The van der Waals surface area contributed by atoms with Gasteiger partial charge in [-0.2, -0.15) is 0 Å². The van der Waals surface area contributed by atoms with E-state index >= 15 is 0 Å². The number of nitrogens with zero attached hydrogens (tertiary/aromatic N) is 3. The van der Waals surface area contributed by atoms with E-state index < -0.39 is 9.84 Å². The summed E-state index contributed by atoms with van der Waals surface area (Å²) < 4.78 is 27.6. The first-order valence-electron chi connectivity index (χ1n) is 7.95. The molecular weight excluding hydrogens is 455 g/mol. The van der Waals surface area contributed by atoms with Crippen molar-refractivity contribution in [3.05, 3.63) is 24.3 Å². The Bertz CT molecular complexity index is 656. The van der Waals surface area contributed by atoms with Crippen molar-refractivity contribution < 1.29 is 13.2 Å². The highest BCUT2D eigenvalue weighted by Gasteiger charge is 2.20. The average Bonchev–Trinajstić information content (AvgIpc) is 2.58. The Balaban J connectivity index is 0.00000312. The topological polar surface area (TPSA) is 74.2 Å². The highest BCUT2D eigenvalue weighted by atomic mass is 127. The molecule has 142 valence electrons. The summed E-state index contributed by atoms with van der Waals surface area (Å²) in [6.45, 7) is 3.83. The van der Waals surface area contributed by atoms with E-state index in [2.05, 4.69) is 32.2 Å². The minimum atomic E-state index is -2.96. The Morgan fingerprint density at radius 1 is 1.20 bits per heavy atom. The fraction of sp³-hybridized carbons (Fsp3) is 0.562. The van der Waals surface area contributed by atoms with Crippen LogP contribution in [0.15, 0.2) is 29.3 Å². The van der Waals surface area contributed by atoms with Crippen molar-refractivity contribution >= 4 is 45.5 Å². The third-order valence-corrected chi connectivity index (χ3v) is 4.93. The number of ether oxygens (including phenoxy) is 1. The number of hydrogen-bond donors (Lipinski definition) is 1. The average molecular weight is 482 g/mol. The molecule has 1 heterocycles. The van der Waals surface area contributed by atoms with Crippen molar-refractivity contribution in [3.8, 4) is 5.75 Å². The Hall–Kier alpha value is -1.23. The first kappa shape index (κ1) is 21.8. The summed E-state index contributed by atoms with van der Waals surface area (Å²) in [7, 11) is 0.420. The number of sulfone groups is 1. The number of guanidine groups is 1. The van der Waals surface area contributed by atoms with Gasteiger partial charge < -0.3 is 19.9 Å². The lowest BCUT2D eigenvalue weighted by Gasteiger charge is -2.37. The van der Waals surface area contributed by atoms with E-state index in [0.717, 1.165) is 37.9 Å². The minimum absolute atomic E-state index is 0. The molecule has 0 spiro atoms. The van der Waals surface area contributed by atoms with Crippen molar-refractivity contribution in [2.75, 3.05) is 63.8 Å². The SMILES string of the molecule is CN=C(NCCS(C)(=O)=O)N1CCN(c2ccc(OC)cc2)CC1.I. The third kappa shape index (κ3) is 6.89. The maximum Gasteiger partial charge on any atom is 0.193 e. The molecule has 0 aromatic heterocycles. The fourth-order valence-electron chi connectivity index (χ4n) is 2.65. The molecular formula is C16H27IN4O3S. The van der Waals surface area contributed by atoms with Gasteiger partial charge in [0.15, 0.2) is 5.96 Å². The first-order chi connectivity index (χ1) is 11.4. The highest BCUT2D eigenvalue weighted by Crippen LogP contribution is 2.20. The zero-order chi connectivity index (χ0) is 17.6. The molecule has 0 saturated carbocycles. The van der Waals surface area contributed by atoms with Gasteiger partial charge in [-0.1, -0.05) is 0 Å². The number of benzene rings is 1. The molecule has 9 heteroatoms. The number of piperazine rings is 1. The molecule has 1 aromatic rings. The van der Waals surface area contributed by atoms with Crippen LogP contribution in [0.25, 0.3) is 0 Å². The molecule has 0 aliphatic carbocycles. The van der Waals surface area contributed by atoms with E-state index in [0.29, 0.717) is 6.54 Å². The van der Waals surface area contributed by atoms with Crippen LogP contribution in [-0.4, -0.2) is 78.2 Å². The first-order valence-corrected chi connectivity index (χ1v) is 10.0. The van der Waals surface area contributed by atoms with Crippen LogP contribution in [0.1, 0.15) is 0 Å². The van der Waals surface area contributed by atoms with Gasteiger partial charge in [0.05, 0.1) is 12.9 Å². The molecule has 1 fully saturated rings. The van der Waals surface area contributed by atoms with Crippen LogP contribution in [0.4, 0.5) is 5.69 Å². The van der Waals surface area contributed by atoms with Gasteiger partial charge in [-0.15, -0.1) is 24.0 Å². The molecule has 1 aromatic carbocycles. The smallest absolute Gasteiger partial charge is 0.193 e. The van der Waals surface area contributed by atoms with E-state index in [4.69, 9.17) is 4.74 Å². The Kier molecular flexibility index (Phi) is 8.77. The molecule has 1 saturated heterocycles. The molecule has 7 nitrogen and oxygen atoms in total. The summed E-state index contributed by atoms with van der Waals surface area (Å²) in [4.78, 5) is 8.73. The van der Waals surface area contributed by atoms with Crippen molar-refractivity contribution in [1.82, 2.24) is 10.2 Å². The molecule has 0 unspecified atom stereocenters. The van der Waals surface area contributed by atoms with Gasteiger partial charge in [-0.05, 0) is 24.3 Å². The molecule has 1 N–H and O–H groups in total. The maximum absolute atomic E-state index is 11.2. The Morgan fingerprint density at radius 2 is 1.80 bits per heavy atom. The van der Waals surface area contributed by atoms with E-state index in [-0.39, 0.29) is 29.7 Å². The molecule has 2 rings (SSSR count). The number of nitrogens with one attached hydrogen (secondary N) is 1. The monoisotopic (exact) mass is 482 g/mol. The van der Waals surface area contributed by atoms with Crippen molar-refractivity contribution in [1.29, 1.82) is 0 Å². The van der Waals surface area contributed by atoms with E-state index in [9.17, 15) is 8.42 Å². The molecule has 0 atom stereocenters. The zero-order valence-electron chi connectivity index (χ0n) is 14.9. The van der Waals surface area contributed by atoms with Gasteiger partial charge in [0, 0.05) is 51.7 Å². The van der Waals surface area contributed by atoms with Gasteiger partial charge in [0.2, 0.25) is 0 Å². The quantitative estimate of drug-likeness (QED) is 0.385. The number of anilines is 1. The van der Waals surface area contributed by atoms with Crippen molar-refractivity contribution in [2.24, 2.45) is 4.99 Å². The van der Waals surface area contributed by atoms with Crippen LogP contribution in [0.2, 0.25) is 0 Å². The van der Waals surface area contributed by atoms with Gasteiger partial charge in [0.25, 0.3) is 0 Å². The van der Waals surface area contributed by atoms with Gasteiger partial charge in [-0.25, -0.2) is 8.42 Å². The van der Waals surface area contributed by atoms with E-state index in [1.807, 2.05) is 12.1 Å². The Labute approximate surface area is 167 Å². The van der Waals surface area contributed by atoms with Crippen molar-refractivity contribution in [2.45, 2.75) is 0 Å². The summed E-state index contributed by atoms with van der Waals surface area (Å²) in [5, 5.41) is 3.13. The number of aliphatic imine (C=N–C) groups is 1. The minimum Gasteiger partial charge on any atom is -0.497 e. The van der Waals surface area contributed by atoms with Crippen LogP contribution in [-0.2, 0) is 9.84 Å². The van der Waals surface area contributed by atoms with E-state index in [1.165, 1.54) is 11.9 Å². The van der Waals surface area contributed by atoms with Gasteiger partial charge in [-0.3, -0.25) is 4.99 Å². The second-order valence-electron chi connectivity index (χ2n) is 5.78. The number of hydrogen-bond acceptors (Lipinski definition) is 5. The maximum atomic E-state index is 11.2. The molecule has 0 radical (unpaired) electrons. The lowest BCUT2D eigenvalue weighted by molar-refractivity contribution is 0.373. The molecule has 0 bridgehead atoms. The molecule has 0 amide bonds. The van der Waals surface area contributed by atoms with Gasteiger partial charge >= 0.3 is 0 Å². The normalized spacial score (nSPS) is 15.6. The van der Waals surface area contributed by atoms with Crippen LogP contribution in [0, 0.1) is 0 Å². The van der Waals surface area contributed by atoms with Gasteiger partial charge in [0.1, 0.15) is 15.6 Å². The number of rotatable bonds is 5. The summed E-state index contributed by atoms with van der Waals surface area (Å²) in [5.74, 6) is 1.72. The van der Waals surface area contributed by atoms with Crippen LogP contribution in [0.5, 0.6) is 5.75 Å². The van der Waals surface area contributed by atoms with E-state index in [1.54, 1.807) is 14.2 Å². The van der Waals surface area contributed by atoms with Crippen LogP contribution in [0.3, 0.4) is 0 Å². The predicted octanol–water partition coefficient (Wildman–Crippen LogP) is 1.06. The summed E-state index contributed by atoms with van der Waals surface area (Å²) in [6, 6.07) is 8.06. The third-order valence-electron chi connectivity index (χ3n) is 3.98. The molecule has 1 aliphatic rings. The predicted molar refractivity (Wildman–Crippen MR) is 113 cm³/mol. The summed E-state index contributed by atoms with van der Waals surface area (Å²) in [6.07, 6.45) is 1.24. The fourth-order valence-corrected chi connectivity index (χ4v) is 3.12. The second kappa shape index (κ2) is 10.0. The van der Waals surface area contributed by atoms with Crippen LogP contribution >= 0.6 is 24.0 Å². The molecule has 25 heavy (non-hydrogen) atoms. The second-order valence-corrected chi connectivity index (χ2v) is 8.04. The number of halogens is 1. The number of methoxy groups -OCH3 is 1. The Morgan fingerprint density at radius 3 is 2.28 bits per heavy atom. The lowest BCUT2D eigenvalue weighted by Crippen LogP contribution is -2.53. The lowest BCUT2D eigenvalue weighted by atomic mass is 10.2. The largest absolute Gasteiger partial charge is 0.497 e.